The van der Waals surface area contributed by atoms with Crippen molar-refractivity contribution in [2.45, 2.75) is 51.6 Å². The number of nitrogens with one attached hydrogen (secondary N) is 3. The summed E-state index contributed by atoms with van der Waals surface area (Å²) in [6.07, 6.45) is 1.58. The molecule has 3 N–H and O–H groups in total. The molecule has 0 bridgehead atoms. The van der Waals surface area contributed by atoms with Crippen LogP contribution in [0.1, 0.15) is 56.7 Å². The van der Waals surface area contributed by atoms with Crippen molar-refractivity contribution in [3.05, 3.63) is 35.4 Å². The van der Waals surface area contributed by atoms with Gasteiger partial charge in [0.1, 0.15) is 6.04 Å². The first-order chi connectivity index (χ1) is 10.5. The number of carbonyl (C=O) groups is 2. The van der Waals surface area contributed by atoms with Crippen LogP contribution in [0.15, 0.2) is 24.3 Å². The summed E-state index contributed by atoms with van der Waals surface area (Å²) >= 11 is 0. The topological polar surface area (TPSA) is 70.2 Å². The van der Waals surface area contributed by atoms with Crippen LogP contribution >= 0.6 is 0 Å². The first-order valence-corrected chi connectivity index (χ1v) is 7.92. The van der Waals surface area contributed by atoms with Gasteiger partial charge in [0.25, 0.3) is 0 Å². The molecule has 1 fully saturated rings. The van der Waals surface area contributed by atoms with Crippen molar-refractivity contribution in [1.82, 2.24) is 16.0 Å². The van der Waals surface area contributed by atoms with Gasteiger partial charge in [0.2, 0.25) is 5.91 Å². The van der Waals surface area contributed by atoms with Gasteiger partial charge in [-0.05, 0) is 36.8 Å². The van der Waals surface area contributed by atoms with E-state index in [0.29, 0.717) is 18.9 Å². The fourth-order valence-electron chi connectivity index (χ4n) is 2.56. The average molecular weight is 303 g/mol. The van der Waals surface area contributed by atoms with Crippen LogP contribution in [0.5, 0.6) is 0 Å². The second kappa shape index (κ2) is 7.29. The van der Waals surface area contributed by atoms with Crippen LogP contribution in [0.3, 0.4) is 0 Å². The van der Waals surface area contributed by atoms with Gasteiger partial charge >= 0.3 is 6.03 Å². The van der Waals surface area contributed by atoms with E-state index in [4.69, 9.17) is 0 Å². The molecular weight excluding hydrogens is 278 g/mol. The van der Waals surface area contributed by atoms with Gasteiger partial charge in [0.15, 0.2) is 0 Å². The summed E-state index contributed by atoms with van der Waals surface area (Å²) in [4.78, 5) is 23.6. The lowest BCUT2D eigenvalue weighted by molar-refractivity contribution is -0.124. The molecule has 1 aliphatic rings. The molecule has 120 valence electrons. The Labute approximate surface area is 131 Å². The number of carbonyl (C=O) groups excluding carboxylic acids is 2. The van der Waals surface area contributed by atoms with Crippen LogP contribution in [-0.2, 0) is 4.79 Å². The van der Waals surface area contributed by atoms with Crippen LogP contribution in [0.25, 0.3) is 0 Å². The zero-order valence-electron chi connectivity index (χ0n) is 13.5. The Morgan fingerprint density at radius 2 is 1.82 bits per heavy atom. The van der Waals surface area contributed by atoms with E-state index in [2.05, 4.69) is 41.9 Å². The van der Waals surface area contributed by atoms with Crippen molar-refractivity contribution in [3.63, 3.8) is 0 Å². The average Bonchev–Trinajstić information content (AvgIpc) is 2.49. The number of piperidine rings is 1. The highest BCUT2D eigenvalue weighted by atomic mass is 16.2. The number of benzene rings is 1. The molecule has 1 saturated heterocycles. The summed E-state index contributed by atoms with van der Waals surface area (Å²) in [6.45, 7) is 6.93. The molecule has 1 heterocycles. The van der Waals surface area contributed by atoms with Crippen molar-refractivity contribution in [3.8, 4) is 0 Å². The molecule has 0 radical (unpaired) electrons. The second-order valence-corrected chi connectivity index (χ2v) is 6.15. The van der Waals surface area contributed by atoms with E-state index in [1.54, 1.807) is 0 Å². The molecule has 0 unspecified atom stereocenters. The van der Waals surface area contributed by atoms with Crippen molar-refractivity contribution in [1.29, 1.82) is 0 Å². The SMILES string of the molecule is CC(C)c1ccc([C@H](C)NC(=O)N[C@@H]2CCCNC2=O)cc1. The standard InChI is InChI=1S/C17H25N3O2/c1-11(2)13-6-8-14(9-7-13)12(3)19-17(22)20-15-5-4-10-18-16(15)21/h6-9,11-12,15H,4-5,10H2,1-3H3,(H,18,21)(H2,19,20,22)/t12-,15+/m0/s1. The quantitative estimate of drug-likeness (QED) is 0.799. The zero-order chi connectivity index (χ0) is 16.1. The van der Waals surface area contributed by atoms with Gasteiger partial charge in [0, 0.05) is 6.54 Å². The fourth-order valence-corrected chi connectivity index (χ4v) is 2.56. The van der Waals surface area contributed by atoms with E-state index in [9.17, 15) is 9.59 Å². The predicted molar refractivity (Wildman–Crippen MR) is 86.6 cm³/mol. The smallest absolute Gasteiger partial charge is 0.315 e. The summed E-state index contributed by atoms with van der Waals surface area (Å²) in [6, 6.07) is 7.41. The summed E-state index contributed by atoms with van der Waals surface area (Å²) in [5, 5.41) is 8.38. The van der Waals surface area contributed by atoms with Gasteiger partial charge in [0.05, 0.1) is 6.04 Å². The number of rotatable bonds is 4. The Kier molecular flexibility index (Phi) is 5.41. The van der Waals surface area contributed by atoms with Gasteiger partial charge < -0.3 is 16.0 Å². The minimum atomic E-state index is -0.427. The molecule has 0 aromatic heterocycles. The van der Waals surface area contributed by atoms with Gasteiger partial charge in [-0.2, -0.15) is 0 Å². The van der Waals surface area contributed by atoms with Gasteiger partial charge in [-0.3, -0.25) is 4.79 Å². The van der Waals surface area contributed by atoms with E-state index in [0.717, 1.165) is 12.0 Å². The van der Waals surface area contributed by atoms with Gasteiger partial charge in [-0.25, -0.2) is 4.79 Å². The highest BCUT2D eigenvalue weighted by Crippen LogP contribution is 2.18. The van der Waals surface area contributed by atoms with Crippen molar-refractivity contribution < 1.29 is 9.59 Å². The van der Waals surface area contributed by atoms with E-state index >= 15 is 0 Å². The van der Waals surface area contributed by atoms with Crippen LogP contribution in [0.4, 0.5) is 4.79 Å². The molecular formula is C17H25N3O2. The first-order valence-electron chi connectivity index (χ1n) is 7.92. The predicted octanol–water partition coefficient (Wildman–Crippen LogP) is 2.45. The zero-order valence-corrected chi connectivity index (χ0v) is 13.5. The highest BCUT2D eigenvalue weighted by molar-refractivity contribution is 5.87. The third-order valence-corrected chi connectivity index (χ3v) is 4.04. The Morgan fingerprint density at radius 3 is 2.41 bits per heavy atom. The number of urea groups is 1. The van der Waals surface area contributed by atoms with E-state index in [1.165, 1.54) is 5.56 Å². The summed E-state index contributed by atoms with van der Waals surface area (Å²) in [7, 11) is 0. The molecule has 1 aliphatic heterocycles. The largest absolute Gasteiger partial charge is 0.354 e. The third kappa shape index (κ3) is 4.23. The van der Waals surface area contributed by atoms with Crippen molar-refractivity contribution >= 4 is 11.9 Å². The molecule has 1 aromatic carbocycles. The molecule has 3 amide bonds. The Morgan fingerprint density at radius 1 is 1.18 bits per heavy atom. The highest BCUT2D eigenvalue weighted by Gasteiger charge is 2.24. The number of hydrogen-bond donors (Lipinski definition) is 3. The maximum absolute atomic E-state index is 12.0. The van der Waals surface area contributed by atoms with Crippen LogP contribution < -0.4 is 16.0 Å². The fraction of sp³-hybridized carbons (Fsp3) is 0.529. The number of hydrogen-bond acceptors (Lipinski definition) is 2. The molecule has 2 rings (SSSR count). The first kappa shape index (κ1) is 16.3. The molecule has 5 nitrogen and oxygen atoms in total. The Bertz CT molecular complexity index is 525. The summed E-state index contributed by atoms with van der Waals surface area (Å²) in [5.74, 6) is 0.390. The van der Waals surface area contributed by atoms with E-state index in [-0.39, 0.29) is 18.0 Å². The van der Waals surface area contributed by atoms with Crippen LogP contribution in [-0.4, -0.2) is 24.5 Å². The number of amides is 3. The minimum absolute atomic E-state index is 0.102. The lowest BCUT2D eigenvalue weighted by atomic mass is 10.00. The lowest BCUT2D eigenvalue weighted by Gasteiger charge is -2.24. The van der Waals surface area contributed by atoms with Gasteiger partial charge in [-0.15, -0.1) is 0 Å². The summed E-state index contributed by atoms with van der Waals surface area (Å²) in [5.41, 5.74) is 2.33. The Hall–Kier alpha value is -2.04. The van der Waals surface area contributed by atoms with Crippen molar-refractivity contribution in [2.24, 2.45) is 0 Å². The van der Waals surface area contributed by atoms with Crippen LogP contribution in [0, 0.1) is 0 Å². The molecule has 0 saturated carbocycles. The molecule has 22 heavy (non-hydrogen) atoms. The third-order valence-electron chi connectivity index (χ3n) is 4.04. The minimum Gasteiger partial charge on any atom is -0.354 e. The molecule has 0 aliphatic carbocycles. The molecule has 5 heteroatoms. The van der Waals surface area contributed by atoms with E-state index < -0.39 is 6.04 Å². The lowest BCUT2D eigenvalue weighted by Crippen LogP contribution is -2.52. The monoisotopic (exact) mass is 303 g/mol. The second-order valence-electron chi connectivity index (χ2n) is 6.15. The van der Waals surface area contributed by atoms with Gasteiger partial charge in [-0.1, -0.05) is 38.1 Å². The van der Waals surface area contributed by atoms with Crippen molar-refractivity contribution in [2.75, 3.05) is 6.54 Å². The normalized spacial score (nSPS) is 19.5. The molecule has 0 spiro atoms. The molecule has 1 aromatic rings. The Balaban J connectivity index is 1.89. The molecule has 2 atom stereocenters. The van der Waals surface area contributed by atoms with E-state index in [1.807, 2.05) is 19.1 Å². The maximum atomic E-state index is 12.0. The van der Waals surface area contributed by atoms with Crippen LogP contribution in [0.2, 0.25) is 0 Å². The maximum Gasteiger partial charge on any atom is 0.315 e. The summed E-state index contributed by atoms with van der Waals surface area (Å²) < 4.78 is 0.